The third kappa shape index (κ3) is 5.39. The molecule has 0 unspecified atom stereocenters. The van der Waals surface area contributed by atoms with E-state index >= 15 is 0 Å². The molecule has 0 fully saturated rings. The highest BCUT2D eigenvalue weighted by Crippen LogP contribution is 2.36. The van der Waals surface area contributed by atoms with E-state index in [2.05, 4.69) is 12.2 Å². The second-order valence-electron chi connectivity index (χ2n) is 6.01. The van der Waals surface area contributed by atoms with Gasteiger partial charge in [-0.1, -0.05) is 30.7 Å². The van der Waals surface area contributed by atoms with E-state index in [9.17, 15) is 9.59 Å². The van der Waals surface area contributed by atoms with Crippen molar-refractivity contribution in [1.82, 2.24) is 0 Å². The highest BCUT2D eigenvalue weighted by atomic mass is 35.5. The van der Waals surface area contributed by atoms with E-state index in [1.165, 1.54) is 31.7 Å². The van der Waals surface area contributed by atoms with Gasteiger partial charge in [-0.2, -0.15) is 0 Å². The molecule has 150 valence electrons. The Morgan fingerprint density at radius 1 is 1.14 bits per heavy atom. The maximum atomic E-state index is 12.4. The second kappa shape index (κ2) is 9.99. The lowest BCUT2D eigenvalue weighted by molar-refractivity contribution is -0.123. The number of carbonyl (C=O) groups excluding carboxylic acids is 2. The van der Waals surface area contributed by atoms with E-state index in [4.69, 9.17) is 25.8 Å². The lowest BCUT2D eigenvalue weighted by Gasteiger charge is -2.16. The normalized spacial score (nSPS) is 11.5. The molecule has 2 aromatic rings. The number of esters is 1. The summed E-state index contributed by atoms with van der Waals surface area (Å²) in [6.07, 6.45) is -0.0780. The molecular formula is C21H24ClNO5. The van der Waals surface area contributed by atoms with Gasteiger partial charge in [0.2, 0.25) is 0 Å². The number of nitrogens with one attached hydrogen (secondary N) is 1. The summed E-state index contributed by atoms with van der Waals surface area (Å²) in [5.74, 6) is -0.451. The van der Waals surface area contributed by atoms with Gasteiger partial charge in [0.15, 0.2) is 17.6 Å². The summed E-state index contributed by atoms with van der Waals surface area (Å²) in [5.41, 5.74) is 1.96. The van der Waals surface area contributed by atoms with Crippen LogP contribution in [0, 0.1) is 0 Å². The molecule has 1 N–H and O–H groups in total. The van der Waals surface area contributed by atoms with Crippen molar-refractivity contribution in [3.63, 3.8) is 0 Å². The molecule has 0 aliphatic heterocycles. The van der Waals surface area contributed by atoms with Gasteiger partial charge in [-0.05, 0) is 50.1 Å². The van der Waals surface area contributed by atoms with Gasteiger partial charge in [-0.15, -0.1) is 0 Å². The smallest absolute Gasteiger partial charge is 0.339 e. The van der Waals surface area contributed by atoms with Crippen molar-refractivity contribution in [3.8, 4) is 11.5 Å². The van der Waals surface area contributed by atoms with Gasteiger partial charge < -0.3 is 19.5 Å². The van der Waals surface area contributed by atoms with Crippen molar-refractivity contribution >= 4 is 29.2 Å². The van der Waals surface area contributed by atoms with Gasteiger partial charge in [-0.3, -0.25) is 4.79 Å². The molecule has 28 heavy (non-hydrogen) atoms. The monoisotopic (exact) mass is 405 g/mol. The van der Waals surface area contributed by atoms with Gasteiger partial charge in [0, 0.05) is 5.69 Å². The minimum Gasteiger partial charge on any atom is -0.493 e. The number of carbonyl (C=O) groups is 2. The highest BCUT2D eigenvalue weighted by molar-refractivity contribution is 6.32. The lowest BCUT2D eigenvalue weighted by Crippen LogP contribution is -2.30. The number of amides is 1. The van der Waals surface area contributed by atoms with Crippen LogP contribution in [0.1, 0.15) is 36.7 Å². The van der Waals surface area contributed by atoms with Crippen LogP contribution in [0.2, 0.25) is 5.02 Å². The number of rotatable bonds is 8. The Morgan fingerprint density at radius 3 is 2.39 bits per heavy atom. The van der Waals surface area contributed by atoms with Crippen LogP contribution in [0.4, 0.5) is 5.69 Å². The number of halogens is 1. The third-order valence-electron chi connectivity index (χ3n) is 4.04. The van der Waals surface area contributed by atoms with E-state index in [0.29, 0.717) is 23.8 Å². The molecule has 0 radical (unpaired) electrons. The summed E-state index contributed by atoms with van der Waals surface area (Å²) in [5, 5.41) is 2.95. The maximum Gasteiger partial charge on any atom is 0.339 e. The molecule has 0 aliphatic carbocycles. The maximum absolute atomic E-state index is 12.4. The molecular weight excluding hydrogens is 382 g/mol. The first-order valence-corrected chi connectivity index (χ1v) is 9.38. The molecule has 1 amide bonds. The van der Waals surface area contributed by atoms with Gasteiger partial charge in [0.25, 0.3) is 5.91 Å². The Hall–Kier alpha value is -2.73. The number of aryl methyl sites for hydroxylation is 1. The topological polar surface area (TPSA) is 73.9 Å². The van der Waals surface area contributed by atoms with Crippen molar-refractivity contribution in [2.75, 3.05) is 19.0 Å². The molecule has 1 atom stereocenters. The number of benzene rings is 2. The molecule has 0 saturated heterocycles. The number of hydrogen-bond donors (Lipinski definition) is 1. The Morgan fingerprint density at radius 2 is 1.82 bits per heavy atom. The van der Waals surface area contributed by atoms with Crippen molar-refractivity contribution in [2.45, 2.75) is 33.3 Å². The molecule has 0 aliphatic rings. The zero-order chi connectivity index (χ0) is 20.7. The van der Waals surface area contributed by atoms with E-state index in [1.807, 2.05) is 31.2 Å². The van der Waals surface area contributed by atoms with Crippen LogP contribution in [0.15, 0.2) is 36.4 Å². The molecule has 2 aromatic carbocycles. The summed E-state index contributed by atoms with van der Waals surface area (Å²) < 4.78 is 15.9. The highest BCUT2D eigenvalue weighted by Gasteiger charge is 2.22. The lowest BCUT2D eigenvalue weighted by atomic mass is 10.1. The molecule has 0 aromatic heterocycles. The molecule has 2 rings (SSSR count). The number of hydrogen-bond acceptors (Lipinski definition) is 5. The summed E-state index contributed by atoms with van der Waals surface area (Å²) in [7, 11) is 1.45. The van der Waals surface area contributed by atoms with Crippen LogP contribution in [-0.2, 0) is 16.0 Å². The van der Waals surface area contributed by atoms with Crippen LogP contribution < -0.4 is 14.8 Å². The first-order valence-electron chi connectivity index (χ1n) is 9.00. The fourth-order valence-corrected chi connectivity index (χ4v) is 2.74. The predicted molar refractivity (Wildman–Crippen MR) is 109 cm³/mol. The van der Waals surface area contributed by atoms with Crippen molar-refractivity contribution < 1.29 is 23.8 Å². The summed E-state index contributed by atoms with van der Waals surface area (Å²) in [6.45, 7) is 5.77. The summed E-state index contributed by atoms with van der Waals surface area (Å²) in [6, 6.07) is 10.4. The average Bonchev–Trinajstić information content (AvgIpc) is 2.69. The van der Waals surface area contributed by atoms with Crippen molar-refractivity contribution in [2.24, 2.45) is 0 Å². The van der Waals surface area contributed by atoms with Gasteiger partial charge >= 0.3 is 5.97 Å². The fourth-order valence-electron chi connectivity index (χ4n) is 2.47. The third-order valence-corrected chi connectivity index (χ3v) is 4.32. The molecule has 0 bridgehead atoms. The number of anilines is 1. The molecule has 0 heterocycles. The van der Waals surface area contributed by atoms with Crippen LogP contribution >= 0.6 is 11.6 Å². The first kappa shape index (κ1) is 21.6. The molecule has 6 nitrogen and oxygen atoms in total. The fraction of sp³-hybridized carbons (Fsp3) is 0.333. The van der Waals surface area contributed by atoms with Crippen molar-refractivity contribution in [1.29, 1.82) is 0 Å². The SMILES string of the molecule is CCOc1c(Cl)cc(C(=O)O[C@H](C)C(=O)Nc2ccc(CC)cc2)cc1OC. The average molecular weight is 406 g/mol. The molecule has 0 spiro atoms. The standard InChI is InChI=1S/C21H24ClNO5/c1-5-14-7-9-16(10-8-14)23-20(24)13(3)28-21(25)15-11-17(22)19(27-6-2)18(12-15)26-4/h7-13H,5-6H2,1-4H3,(H,23,24)/t13-/m1/s1. The Balaban J connectivity index is 2.06. The van der Waals surface area contributed by atoms with Crippen LogP contribution in [0.3, 0.4) is 0 Å². The van der Waals surface area contributed by atoms with Gasteiger partial charge in [0.05, 0.1) is 24.3 Å². The Bertz CT molecular complexity index is 835. The van der Waals surface area contributed by atoms with Crippen LogP contribution in [0.5, 0.6) is 11.5 Å². The van der Waals surface area contributed by atoms with E-state index in [0.717, 1.165) is 6.42 Å². The quantitative estimate of drug-likeness (QED) is 0.655. The zero-order valence-corrected chi connectivity index (χ0v) is 17.1. The number of ether oxygens (including phenoxy) is 3. The van der Waals surface area contributed by atoms with E-state index < -0.39 is 18.0 Å². The zero-order valence-electron chi connectivity index (χ0n) is 16.4. The van der Waals surface area contributed by atoms with Crippen LogP contribution in [0.25, 0.3) is 0 Å². The minimum atomic E-state index is -0.991. The summed E-state index contributed by atoms with van der Waals surface area (Å²) in [4.78, 5) is 24.7. The van der Waals surface area contributed by atoms with Gasteiger partial charge in [-0.25, -0.2) is 4.79 Å². The molecule has 0 saturated carbocycles. The second-order valence-corrected chi connectivity index (χ2v) is 6.42. The Kier molecular flexibility index (Phi) is 7.70. The first-order chi connectivity index (χ1) is 13.4. The van der Waals surface area contributed by atoms with Gasteiger partial charge in [0.1, 0.15) is 0 Å². The summed E-state index contributed by atoms with van der Waals surface area (Å²) >= 11 is 6.18. The number of methoxy groups -OCH3 is 1. The minimum absolute atomic E-state index is 0.164. The van der Waals surface area contributed by atoms with Crippen LogP contribution in [-0.4, -0.2) is 31.7 Å². The molecule has 7 heteroatoms. The van der Waals surface area contributed by atoms with E-state index in [-0.39, 0.29) is 10.6 Å². The van der Waals surface area contributed by atoms with Crippen molar-refractivity contribution in [3.05, 3.63) is 52.5 Å². The predicted octanol–water partition coefficient (Wildman–Crippen LogP) is 4.49. The Labute approximate surface area is 169 Å². The largest absolute Gasteiger partial charge is 0.493 e. The van der Waals surface area contributed by atoms with E-state index in [1.54, 1.807) is 0 Å².